The van der Waals surface area contributed by atoms with E-state index in [1.165, 1.54) is 5.56 Å². The second-order valence-electron chi connectivity index (χ2n) is 3.99. The summed E-state index contributed by atoms with van der Waals surface area (Å²) in [5, 5.41) is 0. The molecule has 1 unspecified atom stereocenters. The summed E-state index contributed by atoms with van der Waals surface area (Å²) in [6, 6.07) is 10.2. The predicted octanol–water partition coefficient (Wildman–Crippen LogP) is 1.53. The zero-order valence-corrected chi connectivity index (χ0v) is 9.80. The number of hydrogen-bond acceptors (Lipinski definition) is 4. The molecule has 3 N–H and O–H groups in total. The molecule has 2 aromatic rings. The fourth-order valence-electron chi connectivity index (χ4n) is 1.68. The van der Waals surface area contributed by atoms with E-state index in [9.17, 15) is 0 Å². The lowest BCUT2D eigenvalue weighted by molar-refractivity contribution is 0.535. The van der Waals surface area contributed by atoms with Gasteiger partial charge in [-0.05, 0) is 18.9 Å². The minimum atomic E-state index is -0.00880. The van der Waals surface area contributed by atoms with Crippen LogP contribution in [0.1, 0.15) is 23.0 Å². The smallest absolute Gasteiger partial charge is 0.0773 e. The van der Waals surface area contributed by atoms with Crippen LogP contribution in [0.4, 0.5) is 0 Å². The molecule has 0 spiro atoms. The molecule has 0 bridgehead atoms. The molecule has 1 heterocycles. The molecular weight excluding hydrogens is 212 g/mol. The van der Waals surface area contributed by atoms with Crippen molar-refractivity contribution in [1.29, 1.82) is 0 Å². The van der Waals surface area contributed by atoms with Gasteiger partial charge in [0.2, 0.25) is 0 Å². The van der Waals surface area contributed by atoms with Gasteiger partial charge in [0.05, 0.1) is 23.6 Å². The Balaban J connectivity index is 2.14. The molecule has 17 heavy (non-hydrogen) atoms. The minimum Gasteiger partial charge on any atom is -0.271 e. The molecule has 4 nitrogen and oxygen atoms in total. The quantitative estimate of drug-likeness (QED) is 0.615. The molecule has 0 saturated heterocycles. The Labute approximate surface area is 101 Å². The Morgan fingerprint density at radius 1 is 1.18 bits per heavy atom. The number of nitrogens with zero attached hydrogens (tertiary/aromatic N) is 2. The first-order valence-electron chi connectivity index (χ1n) is 5.58. The van der Waals surface area contributed by atoms with Crippen LogP contribution in [0.15, 0.2) is 42.7 Å². The molecule has 0 radical (unpaired) electrons. The minimum absolute atomic E-state index is 0.00880. The highest BCUT2D eigenvalue weighted by Crippen LogP contribution is 2.14. The summed E-state index contributed by atoms with van der Waals surface area (Å²) in [7, 11) is 0. The van der Waals surface area contributed by atoms with Gasteiger partial charge in [0.25, 0.3) is 0 Å². The Hall–Kier alpha value is -1.78. The van der Waals surface area contributed by atoms with Gasteiger partial charge in [0.15, 0.2) is 0 Å². The monoisotopic (exact) mass is 228 g/mol. The molecule has 2 rings (SSSR count). The van der Waals surface area contributed by atoms with Gasteiger partial charge in [-0.3, -0.25) is 21.2 Å². The molecule has 4 heteroatoms. The lowest BCUT2D eigenvalue weighted by atomic mass is 10.0. The van der Waals surface area contributed by atoms with E-state index in [-0.39, 0.29) is 6.04 Å². The van der Waals surface area contributed by atoms with Gasteiger partial charge >= 0.3 is 0 Å². The van der Waals surface area contributed by atoms with E-state index >= 15 is 0 Å². The highest BCUT2D eigenvalue weighted by molar-refractivity contribution is 5.18. The average molecular weight is 228 g/mol. The van der Waals surface area contributed by atoms with Gasteiger partial charge in [-0.15, -0.1) is 0 Å². The molecule has 0 amide bonds. The van der Waals surface area contributed by atoms with Gasteiger partial charge in [0, 0.05) is 6.20 Å². The normalized spacial score (nSPS) is 12.4. The maximum atomic E-state index is 5.57. The number of aromatic nitrogens is 2. The number of nitrogens with one attached hydrogen (secondary N) is 1. The Morgan fingerprint density at radius 2 is 1.94 bits per heavy atom. The van der Waals surface area contributed by atoms with Crippen LogP contribution in [0.2, 0.25) is 0 Å². The first-order chi connectivity index (χ1) is 8.29. The highest BCUT2D eigenvalue weighted by atomic mass is 15.2. The number of rotatable bonds is 4. The lowest BCUT2D eigenvalue weighted by Crippen LogP contribution is -2.30. The van der Waals surface area contributed by atoms with Gasteiger partial charge in [-0.2, -0.15) is 0 Å². The molecule has 0 aliphatic heterocycles. The zero-order valence-electron chi connectivity index (χ0n) is 9.80. The Bertz CT molecular complexity index is 453. The number of hydrazine groups is 1. The molecule has 1 aromatic carbocycles. The second-order valence-corrected chi connectivity index (χ2v) is 3.99. The van der Waals surface area contributed by atoms with Crippen LogP contribution < -0.4 is 11.3 Å². The second kappa shape index (κ2) is 5.52. The Morgan fingerprint density at radius 3 is 2.53 bits per heavy atom. The third kappa shape index (κ3) is 3.09. The fourth-order valence-corrected chi connectivity index (χ4v) is 1.68. The summed E-state index contributed by atoms with van der Waals surface area (Å²) in [6.07, 6.45) is 4.32. The highest BCUT2D eigenvalue weighted by Gasteiger charge is 2.11. The maximum absolute atomic E-state index is 5.57. The van der Waals surface area contributed by atoms with Crippen molar-refractivity contribution < 1.29 is 0 Å². The van der Waals surface area contributed by atoms with E-state index in [0.717, 1.165) is 17.8 Å². The first-order valence-corrected chi connectivity index (χ1v) is 5.58. The Kier molecular flexibility index (Phi) is 3.80. The van der Waals surface area contributed by atoms with Gasteiger partial charge in [-0.25, -0.2) is 0 Å². The predicted molar refractivity (Wildman–Crippen MR) is 67.0 cm³/mol. The summed E-state index contributed by atoms with van der Waals surface area (Å²) in [5.41, 5.74) is 5.77. The summed E-state index contributed by atoms with van der Waals surface area (Å²) in [5.74, 6) is 5.57. The van der Waals surface area contributed by atoms with Crippen LogP contribution in [0.5, 0.6) is 0 Å². The summed E-state index contributed by atoms with van der Waals surface area (Å²) in [6.45, 7) is 1.92. The third-order valence-corrected chi connectivity index (χ3v) is 2.64. The molecular formula is C13H16N4. The van der Waals surface area contributed by atoms with Crippen molar-refractivity contribution in [2.24, 2.45) is 5.84 Å². The van der Waals surface area contributed by atoms with Crippen LogP contribution in [-0.2, 0) is 6.42 Å². The third-order valence-electron chi connectivity index (χ3n) is 2.64. The van der Waals surface area contributed by atoms with Crippen molar-refractivity contribution in [3.63, 3.8) is 0 Å². The summed E-state index contributed by atoms with van der Waals surface area (Å²) >= 11 is 0. The molecule has 88 valence electrons. The van der Waals surface area contributed by atoms with Gasteiger partial charge in [0.1, 0.15) is 0 Å². The van der Waals surface area contributed by atoms with E-state index in [4.69, 9.17) is 5.84 Å². The topological polar surface area (TPSA) is 63.8 Å². The van der Waals surface area contributed by atoms with Crippen molar-refractivity contribution in [3.05, 3.63) is 59.7 Å². The molecule has 0 aliphatic rings. The largest absolute Gasteiger partial charge is 0.271 e. The molecule has 0 saturated carbocycles. The van der Waals surface area contributed by atoms with E-state index in [1.54, 1.807) is 12.4 Å². The number of nitrogens with two attached hydrogens (primary N) is 1. The van der Waals surface area contributed by atoms with Crippen LogP contribution >= 0.6 is 0 Å². The number of hydrogen-bond donors (Lipinski definition) is 2. The average Bonchev–Trinajstić information content (AvgIpc) is 2.38. The van der Waals surface area contributed by atoms with Crippen molar-refractivity contribution in [2.75, 3.05) is 0 Å². The molecule has 1 atom stereocenters. The standard InChI is InChI=1S/C13H16N4/c1-10-8-16-13(9-15-10)12(17-14)7-11-5-3-2-4-6-11/h2-6,8-9,12,17H,7,14H2,1H3. The molecule has 0 aliphatic carbocycles. The summed E-state index contributed by atoms with van der Waals surface area (Å²) in [4.78, 5) is 8.57. The van der Waals surface area contributed by atoms with Crippen LogP contribution in [0.25, 0.3) is 0 Å². The summed E-state index contributed by atoms with van der Waals surface area (Å²) < 4.78 is 0. The molecule has 0 fully saturated rings. The van der Waals surface area contributed by atoms with Crippen LogP contribution in [0, 0.1) is 6.92 Å². The number of aryl methyl sites for hydroxylation is 1. The maximum Gasteiger partial charge on any atom is 0.0773 e. The van der Waals surface area contributed by atoms with E-state index < -0.39 is 0 Å². The van der Waals surface area contributed by atoms with E-state index in [0.29, 0.717) is 0 Å². The van der Waals surface area contributed by atoms with E-state index in [1.807, 2.05) is 25.1 Å². The fraction of sp³-hybridized carbons (Fsp3) is 0.231. The van der Waals surface area contributed by atoms with Crippen molar-refractivity contribution in [3.8, 4) is 0 Å². The molecule has 1 aromatic heterocycles. The van der Waals surface area contributed by atoms with Crippen molar-refractivity contribution in [2.45, 2.75) is 19.4 Å². The van der Waals surface area contributed by atoms with Crippen LogP contribution in [0.3, 0.4) is 0 Å². The van der Waals surface area contributed by atoms with Crippen LogP contribution in [-0.4, -0.2) is 9.97 Å². The first kappa shape index (κ1) is 11.7. The SMILES string of the molecule is Cc1cnc(C(Cc2ccccc2)NN)cn1. The lowest BCUT2D eigenvalue weighted by Gasteiger charge is -2.15. The zero-order chi connectivity index (χ0) is 12.1. The van der Waals surface area contributed by atoms with Gasteiger partial charge in [-0.1, -0.05) is 30.3 Å². The van der Waals surface area contributed by atoms with Crippen molar-refractivity contribution >= 4 is 0 Å². The van der Waals surface area contributed by atoms with E-state index in [2.05, 4.69) is 27.5 Å². The van der Waals surface area contributed by atoms with Gasteiger partial charge < -0.3 is 0 Å². The van der Waals surface area contributed by atoms with Crippen molar-refractivity contribution in [1.82, 2.24) is 15.4 Å². The number of benzene rings is 1.